The molecule has 0 unspecified atom stereocenters. The molecule has 0 bridgehead atoms. The maximum absolute atomic E-state index is 12.1. The average Bonchev–Trinajstić information content (AvgIpc) is 2.71. The summed E-state index contributed by atoms with van der Waals surface area (Å²) in [5.74, 6) is 0.645. The fourth-order valence-electron chi connectivity index (χ4n) is 2.83. The summed E-state index contributed by atoms with van der Waals surface area (Å²) in [7, 11) is 0. The van der Waals surface area contributed by atoms with Crippen LogP contribution >= 0.6 is 15.9 Å². The fourth-order valence-corrected chi connectivity index (χ4v) is 3.10. The van der Waals surface area contributed by atoms with Crippen LogP contribution in [0.5, 0.6) is 5.75 Å². The lowest BCUT2D eigenvalue weighted by Gasteiger charge is -2.07. The first kappa shape index (κ1) is 20.8. The maximum Gasteiger partial charge on any atom is 0.244 e. The molecule has 0 aliphatic rings. The smallest absolute Gasteiger partial charge is 0.244 e. The van der Waals surface area contributed by atoms with Gasteiger partial charge in [0, 0.05) is 4.47 Å². The van der Waals surface area contributed by atoms with E-state index >= 15 is 0 Å². The number of amides is 1. The van der Waals surface area contributed by atoms with E-state index in [1.54, 1.807) is 6.21 Å². The normalized spacial score (nSPS) is 10.9. The van der Waals surface area contributed by atoms with Crippen LogP contribution in [0.25, 0.3) is 0 Å². The highest BCUT2D eigenvalue weighted by Crippen LogP contribution is 2.15. The van der Waals surface area contributed by atoms with Crippen LogP contribution in [0.2, 0.25) is 0 Å². The van der Waals surface area contributed by atoms with Crippen molar-refractivity contribution in [1.29, 1.82) is 0 Å². The van der Waals surface area contributed by atoms with Crippen molar-refractivity contribution in [2.24, 2.45) is 5.10 Å². The van der Waals surface area contributed by atoms with E-state index in [0.717, 1.165) is 32.5 Å². The van der Waals surface area contributed by atoms with E-state index in [9.17, 15) is 4.79 Å². The van der Waals surface area contributed by atoms with E-state index in [1.165, 1.54) is 5.56 Å². The van der Waals surface area contributed by atoms with Crippen molar-refractivity contribution < 1.29 is 9.53 Å². The lowest BCUT2D eigenvalue weighted by atomic mass is 10.0. The first-order chi connectivity index (χ1) is 14.0. The van der Waals surface area contributed by atoms with E-state index in [0.29, 0.717) is 13.0 Å². The van der Waals surface area contributed by atoms with Gasteiger partial charge >= 0.3 is 0 Å². The molecule has 3 aromatic rings. The zero-order valence-corrected chi connectivity index (χ0v) is 18.1. The summed E-state index contributed by atoms with van der Waals surface area (Å²) in [6.07, 6.45) is 1.94. The molecule has 0 spiro atoms. The first-order valence-corrected chi connectivity index (χ1v) is 10.1. The van der Waals surface area contributed by atoms with Gasteiger partial charge in [0.25, 0.3) is 0 Å². The van der Waals surface area contributed by atoms with Crippen LogP contribution in [-0.2, 0) is 17.8 Å². The number of nitrogens with one attached hydrogen (secondary N) is 1. The molecule has 1 N–H and O–H groups in total. The molecular formula is C24H23BrN2O2. The molecule has 0 atom stereocenters. The quantitative estimate of drug-likeness (QED) is 0.390. The van der Waals surface area contributed by atoms with Gasteiger partial charge in [-0.05, 0) is 72.5 Å². The lowest BCUT2D eigenvalue weighted by molar-refractivity contribution is -0.120. The predicted molar refractivity (Wildman–Crippen MR) is 120 cm³/mol. The number of rotatable bonds is 7. The number of hydrogen-bond donors (Lipinski definition) is 1. The summed E-state index contributed by atoms with van der Waals surface area (Å²) in [6, 6.07) is 21.7. The molecule has 0 saturated carbocycles. The second-order valence-electron chi connectivity index (χ2n) is 6.88. The Labute approximate surface area is 179 Å². The van der Waals surface area contributed by atoms with E-state index in [1.807, 2.05) is 74.5 Å². The van der Waals surface area contributed by atoms with Gasteiger partial charge in [0.2, 0.25) is 5.91 Å². The minimum atomic E-state index is -0.136. The third-order valence-corrected chi connectivity index (χ3v) is 4.98. The highest BCUT2D eigenvalue weighted by atomic mass is 79.9. The van der Waals surface area contributed by atoms with Crippen molar-refractivity contribution >= 4 is 28.1 Å². The van der Waals surface area contributed by atoms with Gasteiger partial charge in [0.05, 0.1) is 12.6 Å². The molecule has 0 aliphatic heterocycles. The van der Waals surface area contributed by atoms with Gasteiger partial charge in [0.1, 0.15) is 12.4 Å². The van der Waals surface area contributed by atoms with Gasteiger partial charge < -0.3 is 4.74 Å². The van der Waals surface area contributed by atoms with Gasteiger partial charge in [-0.1, -0.05) is 51.8 Å². The molecule has 29 heavy (non-hydrogen) atoms. The Morgan fingerprint density at radius 3 is 2.45 bits per heavy atom. The summed E-state index contributed by atoms with van der Waals surface area (Å²) in [6.45, 7) is 4.56. The zero-order chi connectivity index (χ0) is 20.6. The topological polar surface area (TPSA) is 50.7 Å². The molecule has 5 heteroatoms. The average molecular weight is 451 g/mol. The van der Waals surface area contributed by atoms with Crippen LogP contribution in [0.1, 0.15) is 27.8 Å². The third kappa shape index (κ3) is 6.57. The number of aryl methyl sites for hydroxylation is 2. The van der Waals surface area contributed by atoms with Crippen molar-refractivity contribution in [2.45, 2.75) is 26.9 Å². The fraction of sp³-hybridized carbons (Fsp3) is 0.167. The third-order valence-electron chi connectivity index (χ3n) is 4.45. The highest BCUT2D eigenvalue weighted by Gasteiger charge is 2.05. The Morgan fingerprint density at radius 1 is 1.03 bits per heavy atom. The molecule has 1 amide bonds. The molecule has 3 aromatic carbocycles. The Bertz CT molecular complexity index is 996. The second-order valence-corrected chi connectivity index (χ2v) is 7.80. The van der Waals surface area contributed by atoms with Gasteiger partial charge in [-0.2, -0.15) is 5.10 Å². The van der Waals surface area contributed by atoms with Crippen LogP contribution < -0.4 is 10.2 Å². The molecule has 148 valence electrons. The molecule has 3 rings (SSSR count). The summed E-state index contributed by atoms with van der Waals surface area (Å²) < 4.78 is 6.83. The van der Waals surface area contributed by atoms with Crippen molar-refractivity contribution in [2.75, 3.05) is 0 Å². The number of benzene rings is 3. The SMILES string of the molecule is Cc1ccc(CC(=O)N/N=C\c2ccc(OCc3ccc(Br)cc3)cc2)c(C)c1. The molecule has 0 aliphatic carbocycles. The lowest BCUT2D eigenvalue weighted by Crippen LogP contribution is -2.20. The Hall–Kier alpha value is -2.92. The van der Waals surface area contributed by atoms with E-state index < -0.39 is 0 Å². The Balaban J connectivity index is 1.47. The summed E-state index contributed by atoms with van der Waals surface area (Å²) in [5.41, 5.74) is 7.88. The van der Waals surface area contributed by atoms with Crippen LogP contribution in [0.15, 0.2) is 76.3 Å². The molecule has 0 saturated heterocycles. The minimum absolute atomic E-state index is 0.136. The van der Waals surface area contributed by atoms with E-state index in [4.69, 9.17) is 4.74 Å². The van der Waals surface area contributed by atoms with Gasteiger partial charge in [-0.15, -0.1) is 0 Å². The summed E-state index contributed by atoms with van der Waals surface area (Å²) >= 11 is 3.42. The number of hydrazone groups is 1. The molecule has 4 nitrogen and oxygen atoms in total. The second kappa shape index (κ2) is 10.0. The molecule has 0 aromatic heterocycles. The number of carbonyl (C=O) groups excluding carboxylic acids is 1. The van der Waals surface area contributed by atoms with E-state index in [-0.39, 0.29) is 5.91 Å². The Morgan fingerprint density at radius 2 is 1.76 bits per heavy atom. The van der Waals surface area contributed by atoms with Crippen LogP contribution in [0, 0.1) is 13.8 Å². The van der Waals surface area contributed by atoms with Crippen molar-refractivity contribution in [3.63, 3.8) is 0 Å². The number of nitrogens with zero attached hydrogens (tertiary/aromatic N) is 1. The predicted octanol–water partition coefficient (Wildman–Crippen LogP) is 5.34. The number of ether oxygens (including phenoxy) is 1. The number of carbonyl (C=O) groups is 1. The molecule has 0 fully saturated rings. The highest BCUT2D eigenvalue weighted by molar-refractivity contribution is 9.10. The number of hydrogen-bond acceptors (Lipinski definition) is 3. The van der Waals surface area contributed by atoms with E-state index in [2.05, 4.69) is 32.5 Å². The molecular weight excluding hydrogens is 428 g/mol. The van der Waals surface area contributed by atoms with Gasteiger partial charge in [0.15, 0.2) is 0 Å². The van der Waals surface area contributed by atoms with Crippen molar-refractivity contribution in [3.05, 3.63) is 99.0 Å². The maximum atomic E-state index is 12.1. The van der Waals surface area contributed by atoms with Crippen LogP contribution in [0.3, 0.4) is 0 Å². The van der Waals surface area contributed by atoms with Gasteiger partial charge in [-0.3, -0.25) is 4.79 Å². The molecule has 0 radical (unpaired) electrons. The van der Waals surface area contributed by atoms with Crippen molar-refractivity contribution in [1.82, 2.24) is 5.43 Å². The zero-order valence-electron chi connectivity index (χ0n) is 16.5. The molecule has 0 heterocycles. The van der Waals surface area contributed by atoms with Crippen molar-refractivity contribution in [3.8, 4) is 5.75 Å². The summed E-state index contributed by atoms with van der Waals surface area (Å²) in [4.78, 5) is 12.1. The van der Waals surface area contributed by atoms with Gasteiger partial charge in [-0.25, -0.2) is 5.43 Å². The number of halogens is 1. The monoisotopic (exact) mass is 450 g/mol. The first-order valence-electron chi connectivity index (χ1n) is 9.35. The standard InChI is InChI=1S/C24H23BrN2O2/c1-17-3-8-21(18(2)13-17)14-24(28)27-26-15-19-6-11-23(12-7-19)29-16-20-4-9-22(25)10-5-20/h3-13,15H,14,16H2,1-2H3,(H,27,28)/b26-15-. The minimum Gasteiger partial charge on any atom is -0.489 e. The van der Waals surface area contributed by atoms with Crippen LogP contribution in [-0.4, -0.2) is 12.1 Å². The summed E-state index contributed by atoms with van der Waals surface area (Å²) in [5, 5.41) is 4.05. The largest absolute Gasteiger partial charge is 0.489 e. The van der Waals surface area contributed by atoms with Crippen LogP contribution in [0.4, 0.5) is 0 Å². The Kier molecular flexibility index (Phi) is 7.19.